The van der Waals surface area contributed by atoms with Gasteiger partial charge in [-0.1, -0.05) is 13.8 Å². The fourth-order valence-electron chi connectivity index (χ4n) is 1.57. The van der Waals surface area contributed by atoms with Crippen LogP contribution in [0.4, 0.5) is 13.2 Å². The van der Waals surface area contributed by atoms with E-state index >= 15 is 0 Å². The molecular weight excluding hydrogens is 243 g/mol. The first kappa shape index (κ1) is 15.0. The Bertz CT molecular complexity index is 345. The van der Waals surface area contributed by atoms with E-state index in [-0.39, 0.29) is 6.42 Å². The molecule has 0 bridgehead atoms. The summed E-state index contributed by atoms with van der Waals surface area (Å²) in [6.07, 6.45) is -1.33. The minimum absolute atomic E-state index is 0.0960. The van der Waals surface area contributed by atoms with Gasteiger partial charge in [-0.2, -0.15) is 13.2 Å². The number of halogens is 3. The third-order valence-corrected chi connectivity index (χ3v) is 2.42. The van der Waals surface area contributed by atoms with E-state index in [4.69, 9.17) is 0 Å². The van der Waals surface area contributed by atoms with Crippen molar-refractivity contribution >= 4 is 0 Å². The zero-order valence-electron chi connectivity index (χ0n) is 10.8. The van der Waals surface area contributed by atoms with E-state index in [1.807, 2.05) is 0 Å². The zero-order chi connectivity index (χ0) is 13.6. The quantitative estimate of drug-likeness (QED) is 0.819. The number of hydrogen-bond acceptors (Lipinski definition) is 2. The molecule has 1 heterocycles. The van der Waals surface area contributed by atoms with Gasteiger partial charge in [0, 0.05) is 25.7 Å². The molecule has 1 N–H and O–H groups in total. The van der Waals surface area contributed by atoms with Crippen molar-refractivity contribution in [1.82, 2.24) is 14.9 Å². The number of nitrogens with one attached hydrogen (secondary N) is 1. The van der Waals surface area contributed by atoms with Crippen LogP contribution in [0, 0.1) is 5.92 Å². The Labute approximate surface area is 105 Å². The molecule has 0 spiro atoms. The second kappa shape index (κ2) is 6.78. The smallest absolute Gasteiger partial charge is 0.337 e. The lowest BCUT2D eigenvalue weighted by molar-refractivity contribution is -0.135. The van der Waals surface area contributed by atoms with Crippen LogP contribution in [-0.4, -0.2) is 22.3 Å². The van der Waals surface area contributed by atoms with Gasteiger partial charge in [-0.25, -0.2) is 4.98 Å². The minimum atomic E-state index is -4.07. The Morgan fingerprint density at radius 2 is 2.11 bits per heavy atom. The van der Waals surface area contributed by atoms with E-state index in [9.17, 15) is 13.2 Å². The lowest BCUT2D eigenvalue weighted by Crippen LogP contribution is -2.19. The van der Waals surface area contributed by atoms with Gasteiger partial charge in [-0.05, 0) is 18.9 Å². The maximum Gasteiger partial charge on any atom is 0.389 e. The van der Waals surface area contributed by atoms with E-state index in [0.29, 0.717) is 19.0 Å². The number of imidazole rings is 1. The molecule has 0 unspecified atom stereocenters. The molecule has 1 aromatic heterocycles. The molecule has 0 aromatic carbocycles. The highest BCUT2D eigenvalue weighted by atomic mass is 19.4. The molecular formula is C12H20F3N3. The third kappa shape index (κ3) is 6.64. The normalized spacial score (nSPS) is 12.3. The summed E-state index contributed by atoms with van der Waals surface area (Å²) >= 11 is 0. The Morgan fingerprint density at radius 3 is 2.72 bits per heavy atom. The van der Waals surface area contributed by atoms with Crippen LogP contribution in [0.15, 0.2) is 12.5 Å². The van der Waals surface area contributed by atoms with Crippen LogP contribution < -0.4 is 5.32 Å². The molecule has 1 aromatic rings. The van der Waals surface area contributed by atoms with Gasteiger partial charge in [-0.3, -0.25) is 0 Å². The van der Waals surface area contributed by atoms with E-state index < -0.39 is 12.6 Å². The fraction of sp³-hybridized carbons (Fsp3) is 0.750. The molecule has 0 aliphatic rings. The largest absolute Gasteiger partial charge is 0.389 e. The maximum atomic E-state index is 12.0. The number of aromatic nitrogens is 2. The molecule has 18 heavy (non-hydrogen) atoms. The van der Waals surface area contributed by atoms with E-state index in [1.54, 1.807) is 17.1 Å². The van der Waals surface area contributed by atoms with Gasteiger partial charge in [0.1, 0.15) is 0 Å². The predicted molar refractivity (Wildman–Crippen MR) is 64.1 cm³/mol. The van der Waals surface area contributed by atoms with Crippen molar-refractivity contribution in [3.63, 3.8) is 0 Å². The van der Waals surface area contributed by atoms with Gasteiger partial charge in [0.15, 0.2) is 0 Å². The minimum Gasteiger partial charge on any atom is -0.337 e. The Morgan fingerprint density at radius 1 is 1.39 bits per heavy atom. The van der Waals surface area contributed by atoms with Crippen LogP contribution in [0.5, 0.6) is 0 Å². The first-order valence-electron chi connectivity index (χ1n) is 6.15. The number of alkyl halides is 3. The summed E-state index contributed by atoms with van der Waals surface area (Å²) < 4.78 is 37.6. The van der Waals surface area contributed by atoms with E-state index in [1.165, 1.54) is 0 Å². The topological polar surface area (TPSA) is 29.9 Å². The molecule has 6 heteroatoms. The van der Waals surface area contributed by atoms with Crippen molar-refractivity contribution in [1.29, 1.82) is 0 Å². The van der Waals surface area contributed by atoms with Crippen LogP contribution in [0.25, 0.3) is 0 Å². The number of nitrogens with zero attached hydrogens (tertiary/aromatic N) is 2. The van der Waals surface area contributed by atoms with Gasteiger partial charge in [0.25, 0.3) is 0 Å². The molecule has 0 aliphatic carbocycles. The highest BCUT2D eigenvalue weighted by molar-refractivity contribution is 4.96. The molecule has 3 nitrogen and oxygen atoms in total. The molecule has 1 rings (SSSR count). The van der Waals surface area contributed by atoms with Crippen LogP contribution in [0.2, 0.25) is 0 Å². The Hall–Kier alpha value is -1.04. The second-order valence-corrected chi connectivity index (χ2v) is 4.85. The summed E-state index contributed by atoms with van der Waals surface area (Å²) in [6, 6.07) is 0. The van der Waals surface area contributed by atoms with Crippen molar-refractivity contribution in [2.24, 2.45) is 5.92 Å². The Kier molecular flexibility index (Phi) is 5.65. The molecule has 0 saturated heterocycles. The van der Waals surface area contributed by atoms with Gasteiger partial charge in [0.2, 0.25) is 0 Å². The van der Waals surface area contributed by atoms with Crippen molar-refractivity contribution < 1.29 is 13.2 Å². The van der Waals surface area contributed by atoms with Crippen molar-refractivity contribution in [3.05, 3.63) is 18.2 Å². The average Bonchev–Trinajstić information content (AvgIpc) is 2.63. The molecule has 0 radical (unpaired) electrons. The van der Waals surface area contributed by atoms with Crippen LogP contribution in [0.1, 0.15) is 32.4 Å². The Balaban J connectivity index is 2.26. The average molecular weight is 263 g/mol. The van der Waals surface area contributed by atoms with E-state index in [0.717, 1.165) is 12.2 Å². The van der Waals surface area contributed by atoms with E-state index in [2.05, 4.69) is 24.1 Å². The van der Waals surface area contributed by atoms with Gasteiger partial charge in [0.05, 0.1) is 12.0 Å². The first-order chi connectivity index (χ1) is 8.37. The highest BCUT2D eigenvalue weighted by Gasteiger charge is 2.25. The SMILES string of the molecule is CC(C)CNCc1cn(CCCC(F)(F)F)cn1. The highest BCUT2D eigenvalue weighted by Crippen LogP contribution is 2.21. The number of hydrogen-bond donors (Lipinski definition) is 1. The number of aryl methyl sites for hydroxylation is 1. The fourth-order valence-corrected chi connectivity index (χ4v) is 1.57. The molecule has 0 atom stereocenters. The van der Waals surface area contributed by atoms with Gasteiger partial charge in [-0.15, -0.1) is 0 Å². The second-order valence-electron chi connectivity index (χ2n) is 4.85. The lowest BCUT2D eigenvalue weighted by atomic mass is 10.2. The first-order valence-corrected chi connectivity index (χ1v) is 6.15. The van der Waals surface area contributed by atoms with Gasteiger partial charge >= 0.3 is 6.18 Å². The summed E-state index contributed by atoms with van der Waals surface area (Å²) in [5.74, 6) is 0.568. The molecule has 104 valence electrons. The van der Waals surface area contributed by atoms with Crippen molar-refractivity contribution in [3.8, 4) is 0 Å². The number of rotatable bonds is 7. The molecule has 0 saturated carbocycles. The summed E-state index contributed by atoms with van der Waals surface area (Å²) in [5.41, 5.74) is 0.864. The van der Waals surface area contributed by atoms with Crippen LogP contribution in [0.3, 0.4) is 0 Å². The lowest BCUT2D eigenvalue weighted by Gasteiger charge is -2.06. The zero-order valence-corrected chi connectivity index (χ0v) is 10.8. The van der Waals surface area contributed by atoms with Crippen LogP contribution >= 0.6 is 0 Å². The molecule has 0 aliphatic heterocycles. The summed E-state index contributed by atoms with van der Waals surface area (Å²) in [7, 11) is 0. The predicted octanol–water partition coefficient (Wildman–Crippen LogP) is 2.97. The third-order valence-electron chi connectivity index (χ3n) is 2.42. The maximum absolute atomic E-state index is 12.0. The van der Waals surface area contributed by atoms with Crippen molar-refractivity contribution in [2.75, 3.05) is 6.54 Å². The van der Waals surface area contributed by atoms with Crippen molar-refractivity contribution in [2.45, 2.75) is 46.0 Å². The molecule has 0 fully saturated rings. The summed E-state index contributed by atoms with van der Waals surface area (Å²) in [6.45, 7) is 6.15. The standard InChI is InChI=1S/C12H20F3N3/c1-10(2)6-16-7-11-8-18(9-17-11)5-3-4-12(13,14)15/h8-10,16H,3-7H2,1-2H3. The summed E-state index contributed by atoms with van der Waals surface area (Å²) in [4.78, 5) is 4.15. The summed E-state index contributed by atoms with van der Waals surface area (Å²) in [5, 5.41) is 3.24. The van der Waals surface area contributed by atoms with Gasteiger partial charge < -0.3 is 9.88 Å². The van der Waals surface area contributed by atoms with Crippen LogP contribution in [-0.2, 0) is 13.1 Å². The molecule has 0 amide bonds. The monoisotopic (exact) mass is 263 g/mol.